The topological polar surface area (TPSA) is 32.3 Å². The number of hydrogen-bond acceptors (Lipinski definition) is 1. The minimum Gasteiger partial charge on any atom is -0.335 e. The molecule has 1 N–H and O–H groups in total. The van der Waals surface area contributed by atoms with Crippen LogP contribution in [-0.2, 0) is 0 Å². The Morgan fingerprint density at radius 1 is 1.44 bits per heavy atom. The molecule has 0 aromatic carbocycles. The van der Waals surface area contributed by atoms with E-state index in [4.69, 9.17) is 6.42 Å². The second-order valence-electron chi connectivity index (χ2n) is 4.41. The highest BCUT2D eigenvalue weighted by atomic mass is 16.2. The smallest absolute Gasteiger partial charge is 0.318 e. The van der Waals surface area contributed by atoms with Crippen molar-refractivity contribution in [1.82, 2.24) is 10.2 Å². The molecule has 1 aliphatic rings. The maximum Gasteiger partial charge on any atom is 0.318 e. The van der Waals surface area contributed by atoms with Gasteiger partial charge in [0.1, 0.15) is 0 Å². The number of rotatable bonds is 4. The van der Waals surface area contributed by atoms with Gasteiger partial charge in [-0.15, -0.1) is 6.42 Å². The van der Waals surface area contributed by atoms with Crippen LogP contribution in [0, 0.1) is 12.3 Å². The third-order valence-electron chi connectivity index (χ3n) is 3.00. The molecule has 1 aliphatic carbocycles. The van der Waals surface area contributed by atoms with E-state index in [1.165, 1.54) is 19.3 Å². The number of nitrogens with zero attached hydrogens (tertiary/aromatic N) is 1. The van der Waals surface area contributed by atoms with E-state index in [9.17, 15) is 4.79 Å². The Bertz CT molecular complexity index is 251. The van der Waals surface area contributed by atoms with E-state index in [0.717, 1.165) is 25.8 Å². The van der Waals surface area contributed by atoms with Gasteiger partial charge in [-0.25, -0.2) is 4.79 Å². The number of nitrogens with one attached hydrogen (secondary N) is 1. The Morgan fingerprint density at radius 3 is 2.69 bits per heavy atom. The van der Waals surface area contributed by atoms with Gasteiger partial charge in [-0.3, -0.25) is 0 Å². The summed E-state index contributed by atoms with van der Waals surface area (Å²) in [5.74, 6) is 2.54. The molecular weight excluding hydrogens is 200 g/mol. The largest absolute Gasteiger partial charge is 0.335 e. The highest BCUT2D eigenvalue weighted by Crippen LogP contribution is 2.17. The first-order chi connectivity index (χ1) is 7.77. The van der Waals surface area contributed by atoms with Crippen LogP contribution < -0.4 is 5.32 Å². The van der Waals surface area contributed by atoms with Gasteiger partial charge < -0.3 is 10.2 Å². The van der Waals surface area contributed by atoms with Crippen molar-refractivity contribution in [3.05, 3.63) is 0 Å². The molecule has 3 heteroatoms. The van der Waals surface area contributed by atoms with Crippen molar-refractivity contribution < 1.29 is 4.79 Å². The standard InChI is InChI=1S/C13H22N2O/c1-3-10-15(11-4-2)13(16)14-12-8-6-5-7-9-12/h1,12H,4-11H2,2H3,(H,14,16). The molecule has 0 bridgehead atoms. The number of amides is 2. The Kier molecular flexibility index (Phi) is 5.77. The fourth-order valence-corrected chi connectivity index (χ4v) is 2.15. The zero-order valence-corrected chi connectivity index (χ0v) is 10.2. The summed E-state index contributed by atoms with van der Waals surface area (Å²) in [5, 5.41) is 3.08. The second kappa shape index (κ2) is 7.16. The number of urea groups is 1. The third kappa shape index (κ3) is 4.14. The lowest BCUT2D eigenvalue weighted by Crippen LogP contribution is -2.45. The monoisotopic (exact) mass is 222 g/mol. The van der Waals surface area contributed by atoms with Gasteiger partial charge in [-0.05, 0) is 19.3 Å². The van der Waals surface area contributed by atoms with Crippen molar-refractivity contribution in [2.45, 2.75) is 51.5 Å². The predicted molar refractivity (Wildman–Crippen MR) is 66.1 cm³/mol. The van der Waals surface area contributed by atoms with Crippen LogP contribution in [0.3, 0.4) is 0 Å². The molecule has 0 spiro atoms. The molecule has 0 saturated heterocycles. The molecule has 1 fully saturated rings. The molecule has 0 heterocycles. The summed E-state index contributed by atoms with van der Waals surface area (Å²) < 4.78 is 0. The summed E-state index contributed by atoms with van der Waals surface area (Å²) in [6.07, 6.45) is 12.2. The molecule has 1 rings (SSSR count). The van der Waals surface area contributed by atoms with Gasteiger partial charge in [-0.2, -0.15) is 0 Å². The maximum atomic E-state index is 11.9. The van der Waals surface area contributed by atoms with E-state index in [-0.39, 0.29) is 6.03 Å². The summed E-state index contributed by atoms with van der Waals surface area (Å²) in [6.45, 7) is 3.20. The molecule has 3 nitrogen and oxygen atoms in total. The highest BCUT2D eigenvalue weighted by molar-refractivity contribution is 5.74. The second-order valence-corrected chi connectivity index (χ2v) is 4.41. The lowest BCUT2D eigenvalue weighted by Gasteiger charge is -2.27. The number of carbonyl (C=O) groups is 1. The summed E-state index contributed by atoms with van der Waals surface area (Å²) in [5.41, 5.74) is 0. The fourth-order valence-electron chi connectivity index (χ4n) is 2.15. The molecule has 0 radical (unpaired) electrons. The molecule has 0 unspecified atom stereocenters. The van der Waals surface area contributed by atoms with Crippen molar-refractivity contribution in [1.29, 1.82) is 0 Å². The SMILES string of the molecule is C#CCN(CCC)C(=O)NC1CCCCC1. The minimum atomic E-state index is 0.00620. The summed E-state index contributed by atoms with van der Waals surface area (Å²) in [7, 11) is 0. The van der Waals surface area contributed by atoms with Crippen LogP contribution in [0.15, 0.2) is 0 Å². The van der Waals surface area contributed by atoms with Crippen molar-refractivity contribution in [2.24, 2.45) is 0 Å². The van der Waals surface area contributed by atoms with Crippen LogP contribution in [0.25, 0.3) is 0 Å². The fraction of sp³-hybridized carbons (Fsp3) is 0.769. The summed E-state index contributed by atoms with van der Waals surface area (Å²) in [6, 6.07) is 0.366. The average molecular weight is 222 g/mol. The molecule has 0 aliphatic heterocycles. The first kappa shape index (κ1) is 12.9. The molecule has 2 amide bonds. The van der Waals surface area contributed by atoms with Gasteiger partial charge in [0.2, 0.25) is 0 Å². The van der Waals surface area contributed by atoms with Gasteiger partial charge >= 0.3 is 6.03 Å². The van der Waals surface area contributed by atoms with Crippen molar-refractivity contribution >= 4 is 6.03 Å². The van der Waals surface area contributed by atoms with E-state index >= 15 is 0 Å². The van der Waals surface area contributed by atoms with Gasteiger partial charge in [0.15, 0.2) is 0 Å². The first-order valence-electron chi connectivity index (χ1n) is 6.26. The predicted octanol–water partition coefficient (Wildman–Crippen LogP) is 2.37. The van der Waals surface area contributed by atoms with Gasteiger partial charge in [0.25, 0.3) is 0 Å². The van der Waals surface area contributed by atoms with Gasteiger partial charge in [0.05, 0.1) is 6.54 Å². The Labute approximate surface area is 98.6 Å². The van der Waals surface area contributed by atoms with Crippen molar-refractivity contribution in [2.75, 3.05) is 13.1 Å². The average Bonchev–Trinajstić information content (AvgIpc) is 2.30. The maximum absolute atomic E-state index is 11.9. The Morgan fingerprint density at radius 2 is 2.12 bits per heavy atom. The Balaban J connectivity index is 2.38. The molecule has 1 saturated carbocycles. The molecule has 90 valence electrons. The van der Waals surface area contributed by atoms with Crippen LogP contribution in [0.5, 0.6) is 0 Å². The normalized spacial score (nSPS) is 16.5. The van der Waals surface area contributed by atoms with Gasteiger partial charge in [0, 0.05) is 12.6 Å². The van der Waals surface area contributed by atoms with Gasteiger partial charge in [-0.1, -0.05) is 32.1 Å². The van der Waals surface area contributed by atoms with Crippen molar-refractivity contribution in [3.63, 3.8) is 0 Å². The first-order valence-corrected chi connectivity index (χ1v) is 6.26. The molecule has 0 aromatic heterocycles. The van der Waals surface area contributed by atoms with E-state index in [0.29, 0.717) is 12.6 Å². The zero-order valence-electron chi connectivity index (χ0n) is 10.2. The lowest BCUT2D eigenvalue weighted by molar-refractivity contribution is 0.196. The minimum absolute atomic E-state index is 0.00620. The van der Waals surface area contributed by atoms with Crippen LogP contribution in [0.2, 0.25) is 0 Å². The van der Waals surface area contributed by atoms with E-state index in [1.54, 1.807) is 4.90 Å². The van der Waals surface area contributed by atoms with Crippen molar-refractivity contribution in [3.8, 4) is 12.3 Å². The molecule has 0 aromatic rings. The van der Waals surface area contributed by atoms with E-state index in [1.807, 2.05) is 0 Å². The van der Waals surface area contributed by atoms with E-state index in [2.05, 4.69) is 18.2 Å². The van der Waals surface area contributed by atoms with Crippen LogP contribution in [0.1, 0.15) is 45.4 Å². The number of hydrogen-bond donors (Lipinski definition) is 1. The molecule has 0 atom stereocenters. The summed E-state index contributed by atoms with van der Waals surface area (Å²) in [4.78, 5) is 13.6. The van der Waals surface area contributed by atoms with Crippen LogP contribution >= 0.6 is 0 Å². The quantitative estimate of drug-likeness (QED) is 0.728. The van der Waals surface area contributed by atoms with E-state index < -0.39 is 0 Å². The Hall–Kier alpha value is -1.17. The highest BCUT2D eigenvalue weighted by Gasteiger charge is 2.18. The third-order valence-corrected chi connectivity index (χ3v) is 3.00. The molecular formula is C13H22N2O. The zero-order chi connectivity index (χ0) is 11.8. The van der Waals surface area contributed by atoms with Crippen LogP contribution in [0.4, 0.5) is 4.79 Å². The summed E-state index contributed by atoms with van der Waals surface area (Å²) >= 11 is 0. The lowest BCUT2D eigenvalue weighted by atomic mass is 9.96. The number of carbonyl (C=O) groups excluding carboxylic acids is 1. The van der Waals surface area contributed by atoms with Crippen LogP contribution in [-0.4, -0.2) is 30.1 Å². The number of terminal acetylenes is 1. The molecule has 16 heavy (non-hydrogen) atoms.